The molecule has 1 aromatic rings. The van der Waals surface area contributed by atoms with Crippen LogP contribution >= 0.6 is 12.4 Å². The van der Waals surface area contributed by atoms with Crippen molar-refractivity contribution in [2.75, 3.05) is 13.1 Å². The number of hydrogen-bond donors (Lipinski definition) is 2. The molecule has 0 aromatic heterocycles. The van der Waals surface area contributed by atoms with Crippen LogP contribution in [0.1, 0.15) is 49.7 Å². The summed E-state index contributed by atoms with van der Waals surface area (Å²) in [5, 5.41) is 3.12. The summed E-state index contributed by atoms with van der Waals surface area (Å²) in [6.45, 7) is 3.47. The van der Waals surface area contributed by atoms with Crippen molar-refractivity contribution in [3.8, 4) is 0 Å². The summed E-state index contributed by atoms with van der Waals surface area (Å²) in [6, 6.07) is 8.74. The van der Waals surface area contributed by atoms with Crippen LogP contribution in [0.15, 0.2) is 24.3 Å². The number of carbonyl (C=O) groups excluding carboxylic acids is 1. The lowest BCUT2D eigenvalue weighted by Gasteiger charge is -2.30. The molecule has 0 saturated heterocycles. The second-order valence-electron chi connectivity index (χ2n) is 6.03. The number of nitrogens with one attached hydrogen (secondary N) is 1. The van der Waals surface area contributed by atoms with Crippen LogP contribution in [0.3, 0.4) is 0 Å². The highest BCUT2D eigenvalue weighted by atomic mass is 35.5. The van der Waals surface area contributed by atoms with Gasteiger partial charge in [-0.05, 0) is 38.3 Å². The highest BCUT2D eigenvalue weighted by Gasteiger charge is 2.35. The maximum Gasteiger partial charge on any atom is 0.220 e. The molecule has 3 N–H and O–H groups in total. The third-order valence-electron chi connectivity index (χ3n) is 4.42. The molecule has 4 heteroatoms. The molecule has 1 aromatic carbocycles. The minimum absolute atomic E-state index is 0. The lowest BCUT2D eigenvalue weighted by molar-refractivity contribution is -0.121. The second-order valence-corrected chi connectivity index (χ2v) is 6.03. The number of aryl methyl sites for hydroxylation is 1. The SMILES string of the molecule is Cc1cccc(C2(CNC(=O)CCCN)CCCC2)c1.Cl. The summed E-state index contributed by atoms with van der Waals surface area (Å²) < 4.78 is 0. The predicted octanol–water partition coefficient (Wildman–Crippen LogP) is 3.08. The highest BCUT2D eigenvalue weighted by Crippen LogP contribution is 2.40. The minimum atomic E-state index is 0. The highest BCUT2D eigenvalue weighted by molar-refractivity contribution is 5.85. The number of halogens is 1. The first-order valence-corrected chi connectivity index (χ1v) is 7.70. The molecule has 1 aliphatic rings. The monoisotopic (exact) mass is 310 g/mol. The number of nitrogens with two attached hydrogens (primary N) is 1. The molecule has 0 heterocycles. The molecule has 0 radical (unpaired) electrons. The Balaban J connectivity index is 0.00000220. The molecule has 21 heavy (non-hydrogen) atoms. The van der Waals surface area contributed by atoms with Gasteiger partial charge in [-0.15, -0.1) is 12.4 Å². The van der Waals surface area contributed by atoms with Crippen molar-refractivity contribution in [2.24, 2.45) is 5.73 Å². The van der Waals surface area contributed by atoms with Crippen LogP contribution < -0.4 is 11.1 Å². The van der Waals surface area contributed by atoms with E-state index >= 15 is 0 Å². The van der Waals surface area contributed by atoms with Crippen molar-refractivity contribution >= 4 is 18.3 Å². The van der Waals surface area contributed by atoms with Gasteiger partial charge in [-0.3, -0.25) is 4.79 Å². The zero-order valence-electron chi connectivity index (χ0n) is 12.9. The Morgan fingerprint density at radius 3 is 2.67 bits per heavy atom. The van der Waals surface area contributed by atoms with Gasteiger partial charge in [0.1, 0.15) is 0 Å². The minimum Gasteiger partial charge on any atom is -0.355 e. The quantitative estimate of drug-likeness (QED) is 0.848. The third kappa shape index (κ3) is 4.72. The van der Waals surface area contributed by atoms with Crippen LogP contribution in [-0.4, -0.2) is 19.0 Å². The number of hydrogen-bond acceptors (Lipinski definition) is 2. The molecule has 0 aliphatic heterocycles. The molecule has 1 fully saturated rings. The van der Waals surface area contributed by atoms with Gasteiger partial charge in [0.15, 0.2) is 0 Å². The zero-order chi connectivity index (χ0) is 14.4. The Hall–Kier alpha value is -1.06. The Bertz CT molecular complexity index is 456. The fraction of sp³-hybridized carbons (Fsp3) is 0.588. The van der Waals surface area contributed by atoms with Gasteiger partial charge in [-0.25, -0.2) is 0 Å². The molecular formula is C17H27ClN2O. The molecule has 118 valence electrons. The van der Waals surface area contributed by atoms with E-state index in [-0.39, 0.29) is 23.7 Å². The smallest absolute Gasteiger partial charge is 0.220 e. The first-order chi connectivity index (χ1) is 9.66. The molecule has 3 nitrogen and oxygen atoms in total. The van der Waals surface area contributed by atoms with E-state index in [0.29, 0.717) is 13.0 Å². The van der Waals surface area contributed by atoms with E-state index < -0.39 is 0 Å². The summed E-state index contributed by atoms with van der Waals surface area (Å²) in [5.74, 6) is 0.134. The zero-order valence-corrected chi connectivity index (χ0v) is 13.7. The van der Waals surface area contributed by atoms with Gasteiger partial charge in [0.25, 0.3) is 0 Å². The molecule has 1 amide bonds. The lowest BCUT2D eigenvalue weighted by atomic mass is 9.78. The Labute approximate surface area is 134 Å². The van der Waals surface area contributed by atoms with Gasteiger partial charge in [-0.1, -0.05) is 42.7 Å². The predicted molar refractivity (Wildman–Crippen MR) is 89.9 cm³/mol. The number of carbonyl (C=O) groups is 1. The third-order valence-corrected chi connectivity index (χ3v) is 4.42. The van der Waals surface area contributed by atoms with E-state index in [1.807, 2.05) is 0 Å². The first kappa shape index (κ1) is 18.0. The summed E-state index contributed by atoms with van der Waals surface area (Å²) in [4.78, 5) is 11.8. The van der Waals surface area contributed by atoms with Crippen molar-refractivity contribution < 1.29 is 4.79 Å². The van der Waals surface area contributed by atoms with Crippen LogP contribution in [0, 0.1) is 6.92 Å². The van der Waals surface area contributed by atoms with E-state index in [0.717, 1.165) is 13.0 Å². The summed E-state index contributed by atoms with van der Waals surface area (Å²) in [7, 11) is 0. The van der Waals surface area contributed by atoms with Crippen LogP contribution in [0.25, 0.3) is 0 Å². The fourth-order valence-corrected chi connectivity index (χ4v) is 3.21. The van der Waals surface area contributed by atoms with Gasteiger partial charge in [0, 0.05) is 18.4 Å². The largest absolute Gasteiger partial charge is 0.355 e. The summed E-state index contributed by atoms with van der Waals surface area (Å²) in [6.07, 6.45) is 6.17. The fourth-order valence-electron chi connectivity index (χ4n) is 3.21. The van der Waals surface area contributed by atoms with Crippen molar-refractivity contribution in [3.05, 3.63) is 35.4 Å². The molecule has 0 bridgehead atoms. The van der Waals surface area contributed by atoms with Crippen molar-refractivity contribution in [3.63, 3.8) is 0 Å². The van der Waals surface area contributed by atoms with Crippen LogP contribution in [0.5, 0.6) is 0 Å². The van der Waals surface area contributed by atoms with Gasteiger partial charge >= 0.3 is 0 Å². The van der Waals surface area contributed by atoms with Gasteiger partial charge in [-0.2, -0.15) is 0 Å². The number of amides is 1. The number of rotatable bonds is 6. The summed E-state index contributed by atoms with van der Waals surface area (Å²) >= 11 is 0. The Morgan fingerprint density at radius 2 is 2.05 bits per heavy atom. The molecule has 0 spiro atoms. The molecule has 2 rings (SSSR count). The van der Waals surface area contributed by atoms with E-state index in [2.05, 4.69) is 36.5 Å². The average molecular weight is 311 g/mol. The van der Waals surface area contributed by atoms with E-state index in [9.17, 15) is 4.79 Å². The molecule has 1 saturated carbocycles. The van der Waals surface area contributed by atoms with E-state index in [1.165, 1.54) is 36.8 Å². The van der Waals surface area contributed by atoms with Crippen molar-refractivity contribution in [1.82, 2.24) is 5.32 Å². The van der Waals surface area contributed by atoms with Crippen LogP contribution in [0.2, 0.25) is 0 Å². The maximum atomic E-state index is 11.8. The van der Waals surface area contributed by atoms with E-state index in [1.54, 1.807) is 0 Å². The normalized spacial score (nSPS) is 16.3. The first-order valence-electron chi connectivity index (χ1n) is 7.70. The van der Waals surface area contributed by atoms with Gasteiger partial charge < -0.3 is 11.1 Å². The van der Waals surface area contributed by atoms with Crippen molar-refractivity contribution in [1.29, 1.82) is 0 Å². The Kier molecular flexibility index (Phi) is 7.20. The topological polar surface area (TPSA) is 55.1 Å². The van der Waals surface area contributed by atoms with Crippen LogP contribution in [0.4, 0.5) is 0 Å². The maximum absolute atomic E-state index is 11.8. The summed E-state index contributed by atoms with van der Waals surface area (Å²) in [5.41, 5.74) is 8.27. The molecule has 0 unspecified atom stereocenters. The molecule has 1 aliphatic carbocycles. The van der Waals surface area contributed by atoms with Gasteiger partial charge in [0.2, 0.25) is 5.91 Å². The average Bonchev–Trinajstić information content (AvgIpc) is 2.93. The standard InChI is InChI=1S/C17H26N2O.ClH/c1-14-6-4-7-15(12-14)17(9-2-3-10-17)13-19-16(20)8-5-11-18;/h4,6-7,12H,2-3,5,8-11,13,18H2,1H3,(H,19,20);1H. The van der Waals surface area contributed by atoms with Gasteiger partial charge in [0.05, 0.1) is 0 Å². The lowest BCUT2D eigenvalue weighted by Crippen LogP contribution is -2.39. The van der Waals surface area contributed by atoms with E-state index in [4.69, 9.17) is 5.73 Å². The Morgan fingerprint density at radius 1 is 1.33 bits per heavy atom. The second kappa shape index (κ2) is 8.40. The number of benzene rings is 1. The van der Waals surface area contributed by atoms with Crippen LogP contribution in [-0.2, 0) is 10.2 Å². The molecular weight excluding hydrogens is 284 g/mol. The van der Waals surface area contributed by atoms with Crippen molar-refractivity contribution in [2.45, 2.75) is 50.9 Å². The molecule has 0 atom stereocenters.